The highest BCUT2D eigenvalue weighted by atomic mass is 19.1. The summed E-state index contributed by atoms with van der Waals surface area (Å²) in [4.78, 5) is 16.5. The van der Waals surface area contributed by atoms with Crippen molar-refractivity contribution >= 4 is 23.1 Å². The lowest BCUT2D eigenvalue weighted by Crippen LogP contribution is -2.13. The maximum Gasteiger partial charge on any atom is 0.255 e. The number of hydrogen-bond acceptors (Lipinski definition) is 4. The Balaban J connectivity index is 1.80. The predicted molar refractivity (Wildman–Crippen MR) is 99.4 cm³/mol. The van der Waals surface area contributed by atoms with Crippen molar-refractivity contribution in [1.82, 2.24) is 4.98 Å². The number of amides is 1. The second kappa shape index (κ2) is 8.27. The van der Waals surface area contributed by atoms with Gasteiger partial charge in [-0.25, -0.2) is 13.8 Å². The molecule has 5 nitrogen and oxygen atoms in total. The maximum absolute atomic E-state index is 13.8. The molecule has 2 aromatic carbocycles. The van der Waals surface area contributed by atoms with E-state index in [4.69, 9.17) is 4.74 Å². The summed E-state index contributed by atoms with van der Waals surface area (Å²) in [7, 11) is 0. The summed E-state index contributed by atoms with van der Waals surface area (Å²) < 4.78 is 33.0. The third-order valence-corrected chi connectivity index (χ3v) is 3.67. The minimum atomic E-state index is -0.753. The fraction of sp³-hybridized carbons (Fsp3) is 0.100. The molecule has 0 aliphatic heterocycles. The van der Waals surface area contributed by atoms with Gasteiger partial charge in [0.15, 0.2) is 0 Å². The van der Waals surface area contributed by atoms with E-state index in [0.717, 1.165) is 12.1 Å². The fourth-order valence-electron chi connectivity index (χ4n) is 2.43. The third kappa shape index (κ3) is 4.38. The third-order valence-electron chi connectivity index (χ3n) is 3.67. The number of halogens is 2. The lowest BCUT2D eigenvalue weighted by molar-refractivity contribution is 0.102. The fourth-order valence-corrected chi connectivity index (χ4v) is 2.43. The molecule has 0 bridgehead atoms. The Bertz CT molecular complexity index is 943. The van der Waals surface area contributed by atoms with Crippen LogP contribution in [0.3, 0.4) is 0 Å². The molecule has 0 aliphatic carbocycles. The van der Waals surface area contributed by atoms with Gasteiger partial charge in [-0.05, 0) is 43.3 Å². The first-order valence-corrected chi connectivity index (χ1v) is 8.28. The normalized spacial score (nSPS) is 10.3. The standard InChI is InChI=1S/C20H17F2N3O2/c1-2-27-17-9-4-3-8-16(17)24-20(26)13-10-11-23-18(12-13)25-19-14(21)6-5-7-15(19)22/h3-12H,2H2,1H3,(H,23,25)(H,24,26). The zero-order chi connectivity index (χ0) is 19.2. The van der Waals surface area contributed by atoms with E-state index >= 15 is 0 Å². The molecule has 0 fully saturated rings. The van der Waals surface area contributed by atoms with Crippen molar-refractivity contribution < 1.29 is 18.3 Å². The van der Waals surface area contributed by atoms with Crippen molar-refractivity contribution in [2.45, 2.75) is 6.92 Å². The van der Waals surface area contributed by atoms with Crippen LogP contribution in [0.15, 0.2) is 60.8 Å². The van der Waals surface area contributed by atoms with E-state index in [1.54, 1.807) is 24.3 Å². The smallest absolute Gasteiger partial charge is 0.255 e. The van der Waals surface area contributed by atoms with Gasteiger partial charge in [0.25, 0.3) is 5.91 Å². The number of para-hydroxylation sites is 3. The van der Waals surface area contributed by atoms with Gasteiger partial charge in [-0.15, -0.1) is 0 Å². The van der Waals surface area contributed by atoms with Crippen molar-refractivity contribution in [1.29, 1.82) is 0 Å². The van der Waals surface area contributed by atoms with Crippen LogP contribution < -0.4 is 15.4 Å². The Morgan fingerprint density at radius 1 is 1.07 bits per heavy atom. The van der Waals surface area contributed by atoms with Gasteiger partial charge in [0.1, 0.15) is 28.9 Å². The van der Waals surface area contributed by atoms with Gasteiger partial charge >= 0.3 is 0 Å². The Hall–Kier alpha value is -3.48. The average molecular weight is 369 g/mol. The first kappa shape index (κ1) is 18.3. The number of nitrogens with zero attached hydrogens (tertiary/aromatic N) is 1. The van der Waals surface area contributed by atoms with Crippen molar-refractivity contribution in [3.63, 3.8) is 0 Å². The number of benzene rings is 2. The number of aromatic nitrogens is 1. The van der Waals surface area contributed by atoms with Gasteiger partial charge in [0.2, 0.25) is 0 Å². The molecule has 27 heavy (non-hydrogen) atoms. The van der Waals surface area contributed by atoms with Crippen molar-refractivity contribution in [3.8, 4) is 5.75 Å². The van der Waals surface area contributed by atoms with E-state index in [0.29, 0.717) is 18.0 Å². The van der Waals surface area contributed by atoms with Crippen LogP contribution in [0.5, 0.6) is 5.75 Å². The second-order valence-electron chi connectivity index (χ2n) is 5.53. The summed E-state index contributed by atoms with van der Waals surface area (Å²) >= 11 is 0. The maximum atomic E-state index is 13.8. The predicted octanol–water partition coefficient (Wildman–Crippen LogP) is 4.75. The Morgan fingerprint density at radius 3 is 2.56 bits per heavy atom. The number of nitrogens with one attached hydrogen (secondary N) is 2. The van der Waals surface area contributed by atoms with Crippen LogP contribution in [0.2, 0.25) is 0 Å². The lowest BCUT2D eigenvalue weighted by Gasteiger charge is -2.12. The molecule has 1 aromatic heterocycles. The van der Waals surface area contributed by atoms with Gasteiger partial charge in [0.05, 0.1) is 12.3 Å². The summed E-state index contributed by atoms with van der Waals surface area (Å²) in [5, 5.41) is 5.32. The zero-order valence-corrected chi connectivity index (χ0v) is 14.5. The molecule has 0 saturated heterocycles. The van der Waals surface area contributed by atoms with Gasteiger partial charge in [-0.2, -0.15) is 0 Å². The van der Waals surface area contributed by atoms with Crippen LogP contribution in [0, 0.1) is 11.6 Å². The lowest BCUT2D eigenvalue weighted by atomic mass is 10.2. The molecule has 138 valence electrons. The van der Waals surface area contributed by atoms with Gasteiger partial charge < -0.3 is 15.4 Å². The number of carbonyl (C=O) groups is 1. The topological polar surface area (TPSA) is 63.2 Å². The molecular weight excluding hydrogens is 352 g/mol. The molecule has 1 amide bonds. The van der Waals surface area contributed by atoms with Crippen LogP contribution in [0.1, 0.15) is 17.3 Å². The summed E-state index contributed by atoms with van der Waals surface area (Å²) in [6.45, 7) is 2.31. The van der Waals surface area contributed by atoms with Crippen LogP contribution in [0.4, 0.5) is 26.0 Å². The quantitative estimate of drug-likeness (QED) is 0.658. The molecule has 0 unspecified atom stereocenters. The number of anilines is 3. The summed E-state index contributed by atoms with van der Waals surface area (Å²) in [6.07, 6.45) is 1.38. The molecule has 7 heteroatoms. The van der Waals surface area contributed by atoms with Gasteiger partial charge in [-0.1, -0.05) is 18.2 Å². The monoisotopic (exact) mass is 369 g/mol. The Morgan fingerprint density at radius 2 is 1.81 bits per heavy atom. The van der Waals surface area contributed by atoms with Crippen LogP contribution in [0.25, 0.3) is 0 Å². The number of hydrogen-bond donors (Lipinski definition) is 2. The molecule has 0 atom stereocenters. The number of pyridine rings is 1. The summed E-state index contributed by atoms with van der Waals surface area (Å²) in [5.74, 6) is -1.21. The average Bonchev–Trinajstić information content (AvgIpc) is 2.67. The first-order chi connectivity index (χ1) is 13.1. The van der Waals surface area contributed by atoms with E-state index in [-0.39, 0.29) is 17.1 Å². The first-order valence-electron chi connectivity index (χ1n) is 8.28. The number of rotatable bonds is 6. The molecule has 0 radical (unpaired) electrons. The summed E-state index contributed by atoms with van der Waals surface area (Å²) in [6, 6.07) is 13.5. The van der Waals surface area contributed by atoms with Crippen LogP contribution in [-0.4, -0.2) is 17.5 Å². The van der Waals surface area contributed by atoms with E-state index in [2.05, 4.69) is 15.6 Å². The number of ether oxygens (including phenoxy) is 1. The molecule has 0 spiro atoms. The van der Waals surface area contributed by atoms with Crippen molar-refractivity contribution in [2.24, 2.45) is 0 Å². The Kier molecular flexibility index (Phi) is 5.61. The van der Waals surface area contributed by atoms with E-state index in [1.165, 1.54) is 24.4 Å². The molecule has 3 aromatic rings. The largest absolute Gasteiger partial charge is 0.492 e. The van der Waals surface area contributed by atoms with Crippen molar-refractivity contribution in [3.05, 3.63) is 78.0 Å². The molecule has 0 aliphatic rings. The highest BCUT2D eigenvalue weighted by Crippen LogP contribution is 2.25. The highest BCUT2D eigenvalue weighted by molar-refractivity contribution is 6.05. The second-order valence-corrected chi connectivity index (χ2v) is 5.53. The zero-order valence-electron chi connectivity index (χ0n) is 14.5. The minimum absolute atomic E-state index is 0.143. The molecular formula is C20H17F2N3O2. The molecule has 0 saturated carbocycles. The van der Waals surface area contributed by atoms with Crippen LogP contribution >= 0.6 is 0 Å². The molecule has 2 N–H and O–H groups in total. The highest BCUT2D eigenvalue weighted by Gasteiger charge is 2.13. The number of carbonyl (C=O) groups excluding carboxylic acids is 1. The minimum Gasteiger partial charge on any atom is -0.492 e. The molecule has 1 heterocycles. The van der Waals surface area contributed by atoms with Gasteiger partial charge in [0, 0.05) is 11.8 Å². The van der Waals surface area contributed by atoms with E-state index in [1.807, 2.05) is 6.92 Å². The van der Waals surface area contributed by atoms with Gasteiger partial charge in [-0.3, -0.25) is 4.79 Å². The van der Waals surface area contributed by atoms with Crippen molar-refractivity contribution in [2.75, 3.05) is 17.2 Å². The van der Waals surface area contributed by atoms with E-state index in [9.17, 15) is 13.6 Å². The Labute approximate surface area is 155 Å². The summed E-state index contributed by atoms with van der Waals surface area (Å²) in [5.41, 5.74) is 0.468. The van der Waals surface area contributed by atoms with Crippen LogP contribution in [-0.2, 0) is 0 Å². The van der Waals surface area contributed by atoms with E-state index < -0.39 is 17.5 Å². The SMILES string of the molecule is CCOc1ccccc1NC(=O)c1ccnc(Nc2c(F)cccc2F)c1. The molecule has 3 rings (SSSR count).